The fourth-order valence-corrected chi connectivity index (χ4v) is 2.66. The molecule has 2 aromatic rings. The molecule has 0 bridgehead atoms. The second kappa shape index (κ2) is 6.05. The van der Waals surface area contributed by atoms with Gasteiger partial charge in [-0.15, -0.1) is 0 Å². The van der Waals surface area contributed by atoms with Gasteiger partial charge in [-0.3, -0.25) is 4.79 Å². The molecule has 1 fully saturated rings. The monoisotopic (exact) mass is 272 g/mol. The fourth-order valence-electron chi connectivity index (χ4n) is 2.66. The average molecular weight is 272 g/mol. The number of imidazole rings is 1. The molecular formula is C15H20N4O. The maximum Gasteiger partial charge on any atom is 0.220 e. The summed E-state index contributed by atoms with van der Waals surface area (Å²) in [5.41, 5.74) is 1.95. The third kappa shape index (κ3) is 3.17. The number of nitrogens with one attached hydrogen (secondary N) is 3. The quantitative estimate of drug-likeness (QED) is 0.774. The molecule has 1 atom stereocenters. The van der Waals surface area contributed by atoms with Crippen LogP contribution in [0.1, 0.15) is 25.1 Å². The van der Waals surface area contributed by atoms with E-state index >= 15 is 0 Å². The van der Waals surface area contributed by atoms with Crippen molar-refractivity contribution < 1.29 is 4.79 Å². The van der Waals surface area contributed by atoms with Crippen molar-refractivity contribution in [3.05, 3.63) is 30.1 Å². The lowest BCUT2D eigenvalue weighted by Crippen LogP contribution is -2.24. The lowest BCUT2D eigenvalue weighted by Gasteiger charge is -2.07. The van der Waals surface area contributed by atoms with Crippen molar-refractivity contribution in [1.82, 2.24) is 20.6 Å². The van der Waals surface area contributed by atoms with Crippen molar-refractivity contribution in [1.29, 1.82) is 0 Å². The predicted octanol–water partition coefficient (Wildman–Crippen LogP) is 1.57. The number of hydrogen-bond donors (Lipinski definition) is 3. The van der Waals surface area contributed by atoms with E-state index in [4.69, 9.17) is 0 Å². The van der Waals surface area contributed by atoms with E-state index in [-0.39, 0.29) is 5.91 Å². The predicted molar refractivity (Wildman–Crippen MR) is 78.2 cm³/mol. The van der Waals surface area contributed by atoms with Gasteiger partial charge in [0.25, 0.3) is 0 Å². The summed E-state index contributed by atoms with van der Waals surface area (Å²) < 4.78 is 0. The van der Waals surface area contributed by atoms with Crippen molar-refractivity contribution in [3.63, 3.8) is 0 Å². The summed E-state index contributed by atoms with van der Waals surface area (Å²) in [6.07, 6.45) is 2.77. The number of carbonyl (C=O) groups is 1. The highest BCUT2D eigenvalue weighted by atomic mass is 16.1. The minimum atomic E-state index is 0.109. The molecule has 0 radical (unpaired) electrons. The van der Waals surface area contributed by atoms with Crippen LogP contribution in [-0.4, -0.2) is 29.0 Å². The van der Waals surface area contributed by atoms with Gasteiger partial charge in [0.15, 0.2) is 0 Å². The van der Waals surface area contributed by atoms with Crippen LogP contribution in [0.3, 0.4) is 0 Å². The van der Waals surface area contributed by atoms with Crippen molar-refractivity contribution in [3.8, 4) is 0 Å². The SMILES string of the molecule is O=C(CCC1CCNC1)NCc1nc2ccccc2[nH]1. The van der Waals surface area contributed by atoms with Gasteiger partial charge in [0, 0.05) is 6.42 Å². The number of nitrogens with zero attached hydrogens (tertiary/aromatic N) is 1. The van der Waals surface area contributed by atoms with Crippen LogP contribution in [0.2, 0.25) is 0 Å². The Balaban J connectivity index is 1.47. The van der Waals surface area contributed by atoms with E-state index in [9.17, 15) is 4.79 Å². The largest absolute Gasteiger partial charge is 0.349 e. The molecule has 106 valence electrons. The minimum absolute atomic E-state index is 0.109. The van der Waals surface area contributed by atoms with Gasteiger partial charge in [-0.25, -0.2) is 4.98 Å². The first kappa shape index (κ1) is 13.1. The lowest BCUT2D eigenvalue weighted by atomic mass is 10.0. The van der Waals surface area contributed by atoms with E-state index in [0.717, 1.165) is 36.4 Å². The molecule has 1 aromatic heterocycles. The summed E-state index contributed by atoms with van der Waals surface area (Å²) in [6, 6.07) is 7.88. The molecule has 2 heterocycles. The van der Waals surface area contributed by atoms with Gasteiger partial charge in [-0.05, 0) is 44.0 Å². The molecule has 20 heavy (non-hydrogen) atoms. The van der Waals surface area contributed by atoms with Crippen molar-refractivity contribution in [2.24, 2.45) is 5.92 Å². The molecule has 1 saturated heterocycles. The summed E-state index contributed by atoms with van der Waals surface area (Å²) in [5, 5.41) is 6.25. The van der Waals surface area contributed by atoms with Crippen LogP contribution >= 0.6 is 0 Å². The van der Waals surface area contributed by atoms with Crippen molar-refractivity contribution in [2.75, 3.05) is 13.1 Å². The number of para-hydroxylation sites is 2. The Hall–Kier alpha value is -1.88. The van der Waals surface area contributed by atoms with Crippen molar-refractivity contribution in [2.45, 2.75) is 25.8 Å². The molecule has 1 aromatic carbocycles. The molecule has 5 nitrogen and oxygen atoms in total. The first-order valence-corrected chi connectivity index (χ1v) is 7.22. The Kier molecular flexibility index (Phi) is 3.97. The second-order valence-electron chi connectivity index (χ2n) is 5.37. The molecule has 0 spiro atoms. The molecule has 1 amide bonds. The highest BCUT2D eigenvalue weighted by molar-refractivity contribution is 5.76. The topological polar surface area (TPSA) is 69.8 Å². The number of hydrogen-bond acceptors (Lipinski definition) is 3. The van der Waals surface area contributed by atoms with E-state index < -0.39 is 0 Å². The van der Waals surface area contributed by atoms with E-state index in [1.54, 1.807) is 0 Å². The standard InChI is InChI=1S/C15H20N4O/c20-15(6-5-11-7-8-16-9-11)17-10-14-18-12-3-1-2-4-13(12)19-14/h1-4,11,16H,5-10H2,(H,17,20)(H,18,19). The fraction of sp³-hybridized carbons (Fsp3) is 0.467. The third-order valence-corrected chi connectivity index (χ3v) is 3.83. The van der Waals surface area contributed by atoms with Gasteiger partial charge in [-0.1, -0.05) is 12.1 Å². The van der Waals surface area contributed by atoms with E-state index in [1.807, 2.05) is 24.3 Å². The van der Waals surface area contributed by atoms with Crippen LogP contribution in [0.25, 0.3) is 11.0 Å². The van der Waals surface area contributed by atoms with Crippen LogP contribution in [0.4, 0.5) is 0 Å². The third-order valence-electron chi connectivity index (χ3n) is 3.83. The molecule has 5 heteroatoms. The number of aromatic nitrogens is 2. The molecule has 0 aliphatic carbocycles. The summed E-state index contributed by atoms with van der Waals surface area (Å²) in [5.74, 6) is 1.58. The van der Waals surface area contributed by atoms with E-state index in [2.05, 4.69) is 20.6 Å². The van der Waals surface area contributed by atoms with Gasteiger partial charge < -0.3 is 15.6 Å². The van der Waals surface area contributed by atoms with Gasteiger partial charge in [0.1, 0.15) is 5.82 Å². The summed E-state index contributed by atoms with van der Waals surface area (Å²) in [7, 11) is 0. The highest BCUT2D eigenvalue weighted by Crippen LogP contribution is 2.14. The summed E-state index contributed by atoms with van der Waals surface area (Å²) >= 11 is 0. The maximum atomic E-state index is 11.8. The van der Waals surface area contributed by atoms with Gasteiger partial charge >= 0.3 is 0 Å². The van der Waals surface area contributed by atoms with Crippen LogP contribution in [0.5, 0.6) is 0 Å². The Morgan fingerprint density at radius 1 is 1.40 bits per heavy atom. The smallest absolute Gasteiger partial charge is 0.220 e. The average Bonchev–Trinajstić information content (AvgIpc) is 3.11. The number of aromatic amines is 1. The molecule has 1 aliphatic rings. The Labute approximate surface area is 118 Å². The number of benzene rings is 1. The first-order valence-electron chi connectivity index (χ1n) is 7.22. The number of H-pyrrole nitrogens is 1. The number of amides is 1. The number of carbonyl (C=O) groups excluding carboxylic acids is 1. The van der Waals surface area contributed by atoms with Crippen molar-refractivity contribution >= 4 is 16.9 Å². The van der Waals surface area contributed by atoms with Crippen LogP contribution in [0, 0.1) is 5.92 Å². The van der Waals surface area contributed by atoms with Gasteiger partial charge in [0.05, 0.1) is 17.6 Å². The van der Waals surface area contributed by atoms with Gasteiger partial charge in [0.2, 0.25) is 5.91 Å². The Bertz CT molecular complexity index is 553. The van der Waals surface area contributed by atoms with E-state index in [0.29, 0.717) is 18.9 Å². The zero-order valence-electron chi connectivity index (χ0n) is 11.5. The summed E-state index contributed by atoms with van der Waals surface area (Å²) in [6.45, 7) is 2.61. The van der Waals surface area contributed by atoms with Gasteiger partial charge in [-0.2, -0.15) is 0 Å². The minimum Gasteiger partial charge on any atom is -0.349 e. The summed E-state index contributed by atoms with van der Waals surface area (Å²) in [4.78, 5) is 19.5. The molecule has 1 unspecified atom stereocenters. The van der Waals surface area contributed by atoms with Crippen LogP contribution in [0.15, 0.2) is 24.3 Å². The van der Waals surface area contributed by atoms with E-state index in [1.165, 1.54) is 6.42 Å². The maximum absolute atomic E-state index is 11.8. The number of fused-ring (bicyclic) bond motifs is 1. The highest BCUT2D eigenvalue weighted by Gasteiger charge is 2.15. The lowest BCUT2D eigenvalue weighted by molar-refractivity contribution is -0.121. The second-order valence-corrected chi connectivity index (χ2v) is 5.37. The molecule has 3 N–H and O–H groups in total. The van der Waals surface area contributed by atoms with Crippen LogP contribution < -0.4 is 10.6 Å². The first-order chi connectivity index (χ1) is 9.81. The van der Waals surface area contributed by atoms with Crippen LogP contribution in [-0.2, 0) is 11.3 Å². The zero-order valence-corrected chi connectivity index (χ0v) is 11.5. The Morgan fingerprint density at radius 2 is 2.30 bits per heavy atom. The number of rotatable bonds is 5. The molecule has 1 aliphatic heterocycles. The Morgan fingerprint density at radius 3 is 3.10 bits per heavy atom. The molecular weight excluding hydrogens is 252 g/mol. The molecule has 3 rings (SSSR count). The molecule has 0 saturated carbocycles. The normalized spacial score (nSPS) is 18.5. The zero-order chi connectivity index (χ0) is 13.8.